The van der Waals surface area contributed by atoms with Crippen LogP contribution < -0.4 is 5.32 Å². The van der Waals surface area contributed by atoms with Crippen LogP contribution in [0.3, 0.4) is 0 Å². The van der Waals surface area contributed by atoms with Crippen molar-refractivity contribution in [3.8, 4) is 0 Å². The number of carbonyl (C=O) groups excluding carboxylic acids is 2. The second-order valence-electron chi connectivity index (χ2n) is 6.60. The predicted octanol–water partition coefficient (Wildman–Crippen LogP) is 1.23. The highest BCUT2D eigenvalue weighted by atomic mass is 16.2. The molecule has 0 aromatic heterocycles. The monoisotopic (exact) mass is 295 g/mol. The lowest BCUT2D eigenvalue weighted by atomic mass is 9.97. The lowest BCUT2D eigenvalue weighted by Crippen LogP contribution is -2.52. The van der Waals surface area contributed by atoms with Gasteiger partial charge in [0.25, 0.3) is 0 Å². The van der Waals surface area contributed by atoms with Gasteiger partial charge in [0.2, 0.25) is 11.8 Å². The molecule has 21 heavy (non-hydrogen) atoms. The molecule has 1 N–H and O–H groups in total. The Balaban J connectivity index is 2.06. The normalized spacial score (nSPS) is 30.0. The van der Waals surface area contributed by atoms with Gasteiger partial charge in [-0.1, -0.05) is 26.7 Å². The first kappa shape index (κ1) is 16.3. The first-order valence-corrected chi connectivity index (χ1v) is 8.31. The SMILES string of the molecule is CCC(C)C1NC(=O)CCN(CC2CCCCN2C)C1=O. The van der Waals surface area contributed by atoms with Crippen LogP contribution in [-0.2, 0) is 9.59 Å². The van der Waals surface area contributed by atoms with E-state index in [-0.39, 0.29) is 23.8 Å². The lowest BCUT2D eigenvalue weighted by Gasteiger charge is -2.37. The third kappa shape index (κ3) is 3.96. The number of likely N-dealkylation sites (N-methyl/N-ethyl adjacent to an activating group) is 1. The molecule has 0 saturated carbocycles. The Morgan fingerprint density at radius 2 is 2.05 bits per heavy atom. The van der Waals surface area contributed by atoms with Gasteiger partial charge in [0, 0.05) is 25.6 Å². The second kappa shape index (κ2) is 7.25. The molecule has 3 atom stereocenters. The summed E-state index contributed by atoms with van der Waals surface area (Å²) in [6.07, 6.45) is 4.96. The van der Waals surface area contributed by atoms with Crippen LogP contribution in [0.25, 0.3) is 0 Å². The molecule has 2 aliphatic rings. The van der Waals surface area contributed by atoms with Crippen molar-refractivity contribution in [2.24, 2.45) is 5.92 Å². The molecule has 2 fully saturated rings. The molecule has 2 amide bonds. The standard InChI is InChI=1S/C16H29N3O2/c1-4-12(2)15-16(21)19(10-8-14(20)17-15)11-13-7-5-6-9-18(13)3/h12-13,15H,4-11H2,1-3H3,(H,17,20). The van der Waals surface area contributed by atoms with Crippen LogP contribution in [0.1, 0.15) is 46.0 Å². The van der Waals surface area contributed by atoms with E-state index >= 15 is 0 Å². The summed E-state index contributed by atoms with van der Waals surface area (Å²) in [4.78, 5) is 28.9. The van der Waals surface area contributed by atoms with Gasteiger partial charge in [-0.3, -0.25) is 9.59 Å². The first-order chi connectivity index (χ1) is 10.0. The van der Waals surface area contributed by atoms with Crippen LogP contribution in [-0.4, -0.2) is 60.4 Å². The molecule has 0 bridgehead atoms. The van der Waals surface area contributed by atoms with Crippen LogP contribution in [0.15, 0.2) is 0 Å². The maximum absolute atomic E-state index is 12.8. The van der Waals surface area contributed by atoms with Gasteiger partial charge >= 0.3 is 0 Å². The minimum absolute atomic E-state index is 0.00755. The highest BCUT2D eigenvalue weighted by Gasteiger charge is 2.34. The minimum atomic E-state index is -0.348. The van der Waals surface area contributed by atoms with Crippen molar-refractivity contribution in [2.45, 2.75) is 58.0 Å². The average molecular weight is 295 g/mol. The number of hydrogen-bond acceptors (Lipinski definition) is 3. The van der Waals surface area contributed by atoms with E-state index in [1.165, 1.54) is 12.8 Å². The fourth-order valence-electron chi connectivity index (χ4n) is 3.28. The second-order valence-corrected chi connectivity index (χ2v) is 6.60. The van der Waals surface area contributed by atoms with Crippen LogP contribution in [0, 0.1) is 5.92 Å². The van der Waals surface area contributed by atoms with Gasteiger partial charge in [0.15, 0.2) is 0 Å². The van der Waals surface area contributed by atoms with E-state index in [1.807, 2.05) is 11.8 Å². The van der Waals surface area contributed by atoms with E-state index in [2.05, 4.69) is 24.2 Å². The minimum Gasteiger partial charge on any atom is -0.344 e. The molecular weight excluding hydrogens is 266 g/mol. The molecule has 2 saturated heterocycles. The maximum Gasteiger partial charge on any atom is 0.245 e. The Bertz CT molecular complexity index is 386. The van der Waals surface area contributed by atoms with E-state index in [0.29, 0.717) is 19.0 Å². The van der Waals surface area contributed by atoms with Gasteiger partial charge in [-0.05, 0) is 32.4 Å². The molecule has 2 heterocycles. The molecule has 0 aromatic rings. The number of hydrogen-bond donors (Lipinski definition) is 1. The third-order valence-corrected chi connectivity index (χ3v) is 5.07. The zero-order valence-electron chi connectivity index (χ0n) is 13.6. The van der Waals surface area contributed by atoms with Gasteiger partial charge in [0.1, 0.15) is 6.04 Å². The van der Waals surface area contributed by atoms with E-state index in [0.717, 1.165) is 25.9 Å². The molecule has 0 aromatic carbocycles. The summed E-state index contributed by atoms with van der Waals surface area (Å²) in [5, 5.41) is 2.91. The topological polar surface area (TPSA) is 52.7 Å². The lowest BCUT2D eigenvalue weighted by molar-refractivity contribution is -0.135. The Kier molecular flexibility index (Phi) is 5.62. The Morgan fingerprint density at radius 1 is 1.29 bits per heavy atom. The van der Waals surface area contributed by atoms with E-state index in [4.69, 9.17) is 0 Å². The van der Waals surface area contributed by atoms with Crippen molar-refractivity contribution in [3.05, 3.63) is 0 Å². The maximum atomic E-state index is 12.8. The quantitative estimate of drug-likeness (QED) is 0.849. The largest absolute Gasteiger partial charge is 0.344 e. The Labute approximate surface area is 128 Å². The van der Waals surface area contributed by atoms with Crippen molar-refractivity contribution >= 4 is 11.8 Å². The average Bonchev–Trinajstić information content (AvgIpc) is 2.62. The van der Waals surface area contributed by atoms with Gasteiger partial charge in [-0.2, -0.15) is 0 Å². The molecule has 3 unspecified atom stereocenters. The molecule has 0 spiro atoms. The molecular formula is C16H29N3O2. The zero-order chi connectivity index (χ0) is 15.4. The van der Waals surface area contributed by atoms with Gasteiger partial charge in [-0.15, -0.1) is 0 Å². The van der Waals surface area contributed by atoms with Gasteiger partial charge in [-0.25, -0.2) is 0 Å². The van der Waals surface area contributed by atoms with Crippen molar-refractivity contribution in [3.63, 3.8) is 0 Å². The van der Waals surface area contributed by atoms with Crippen molar-refractivity contribution in [1.29, 1.82) is 0 Å². The summed E-state index contributed by atoms with van der Waals surface area (Å²) in [5.41, 5.74) is 0. The van der Waals surface area contributed by atoms with Crippen LogP contribution in [0.5, 0.6) is 0 Å². The van der Waals surface area contributed by atoms with Crippen molar-refractivity contribution in [2.75, 3.05) is 26.7 Å². The number of nitrogens with one attached hydrogen (secondary N) is 1. The number of carbonyl (C=O) groups is 2. The Hall–Kier alpha value is -1.10. The summed E-state index contributed by atoms with van der Waals surface area (Å²) >= 11 is 0. The first-order valence-electron chi connectivity index (χ1n) is 8.31. The third-order valence-electron chi connectivity index (χ3n) is 5.07. The highest BCUT2D eigenvalue weighted by Crippen LogP contribution is 2.19. The molecule has 2 aliphatic heterocycles. The summed E-state index contributed by atoms with van der Waals surface area (Å²) in [5.74, 6) is 0.299. The van der Waals surface area contributed by atoms with Crippen molar-refractivity contribution in [1.82, 2.24) is 15.1 Å². The number of amides is 2. The van der Waals surface area contributed by atoms with Crippen LogP contribution >= 0.6 is 0 Å². The van der Waals surface area contributed by atoms with Crippen molar-refractivity contribution < 1.29 is 9.59 Å². The van der Waals surface area contributed by atoms with Crippen LogP contribution in [0.2, 0.25) is 0 Å². The fraction of sp³-hybridized carbons (Fsp3) is 0.875. The van der Waals surface area contributed by atoms with E-state index in [1.54, 1.807) is 0 Å². The summed E-state index contributed by atoms with van der Waals surface area (Å²) in [7, 11) is 2.14. The molecule has 2 rings (SSSR count). The number of nitrogens with zero attached hydrogens (tertiary/aromatic N) is 2. The van der Waals surface area contributed by atoms with E-state index in [9.17, 15) is 9.59 Å². The molecule has 0 aliphatic carbocycles. The number of likely N-dealkylation sites (tertiary alicyclic amines) is 1. The molecule has 5 nitrogen and oxygen atoms in total. The highest BCUT2D eigenvalue weighted by molar-refractivity contribution is 5.90. The number of piperidine rings is 1. The smallest absolute Gasteiger partial charge is 0.245 e. The summed E-state index contributed by atoms with van der Waals surface area (Å²) in [6, 6.07) is 0.0902. The van der Waals surface area contributed by atoms with E-state index < -0.39 is 0 Å². The molecule has 120 valence electrons. The zero-order valence-corrected chi connectivity index (χ0v) is 13.6. The number of rotatable bonds is 4. The van der Waals surface area contributed by atoms with Gasteiger partial charge in [0.05, 0.1) is 0 Å². The summed E-state index contributed by atoms with van der Waals surface area (Å²) in [6.45, 7) is 6.53. The summed E-state index contributed by atoms with van der Waals surface area (Å²) < 4.78 is 0. The van der Waals surface area contributed by atoms with Crippen LogP contribution in [0.4, 0.5) is 0 Å². The molecule has 5 heteroatoms. The fourth-order valence-corrected chi connectivity index (χ4v) is 3.28. The Morgan fingerprint density at radius 3 is 2.71 bits per heavy atom. The predicted molar refractivity (Wildman–Crippen MR) is 82.9 cm³/mol. The molecule has 0 radical (unpaired) electrons. The van der Waals surface area contributed by atoms with Gasteiger partial charge < -0.3 is 15.1 Å².